The minimum Gasteiger partial charge on any atom is -0.376 e. The first-order valence-electron chi connectivity index (χ1n) is 5.76. The molecule has 4 heteroatoms. The Kier molecular flexibility index (Phi) is 4.08. The summed E-state index contributed by atoms with van der Waals surface area (Å²) >= 11 is 0. The van der Waals surface area contributed by atoms with Crippen molar-refractivity contribution < 1.29 is 9.13 Å². The molecule has 1 atom stereocenters. The number of benzene rings is 1. The lowest BCUT2D eigenvalue weighted by Crippen LogP contribution is -2.13. The number of hydrogen-bond donors (Lipinski definition) is 1. The van der Waals surface area contributed by atoms with Crippen molar-refractivity contribution in [2.45, 2.75) is 13.0 Å². The molecule has 1 unspecified atom stereocenters. The number of halogens is 1. The molecule has 0 aliphatic carbocycles. The van der Waals surface area contributed by atoms with Crippen molar-refractivity contribution >= 4 is 0 Å². The van der Waals surface area contributed by atoms with Gasteiger partial charge >= 0.3 is 0 Å². The monoisotopic (exact) mass is 234 g/mol. The SMILES string of the molecule is N#Cc1cc(COCC2CCNC2)ccc1F. The summed E-state index contributed by atoms with van der Waals surface area (Å²) in [4.78, 5) is 0. The van der Waals surface area contributed by atoms with Crippen LogP contribution in [0, 0.1) is 23.1 Å². The van der Waals surface area contributed by atoms with Crippen molar-refractivity contribution in [2.24, 2.45) is 5.92 Å². The zero-order chi connectivity index (χ0) is 12.1. The van der Waals surface area contributed by atoms with Gasteiger partial charge in [-0.2, -0.15) is 5.26 Å². The first kappa shape index (κ1) is 12.0. The number of hydrogen-bond acceptors (Lipinski definition) is 3. The topological polar surface area (TPSA) is 45.0 Å². The van der Waals surface area contributed by atoms with Crippen LogP contribution in [0.15, 0.2) is 18.2 Å². The lowest BCUT2D eigenvalue weighted by molar-refractivity contribution is 0.0924. The third kappa shape index (κ3) is 3.26. The molecule has 0 radical (unpaired) electrons. The summed E-state index contributed by atoms with van der Waals surface area (Å²) in [7, 11) is 0. The number of nitrogens with zero attached hydrogens (tertiary/aromatic N) is 1. The highest BCUT2D eigenvalue weighted by Gasteiger charge is 2.14. The van der Waals surface area contributed by atoms with Crippen LogP contribution >= 0.6 is 0 Å². The summed E-state index contributed by atoms with van der Waals surface area (Å²) in [6.45, 7) is 3.22. The molecule has 1 aromatic rings. The van der Waals surface area contributed by atoms with E-state index < -0.39 is 5.82 Å². The maximum absolute atomic E-state index is 13.1. The molecule has 1 saturated heterocycles. The maximum Gasteiger partial charge on any atom is 0.140 e. The van der Waals surface area contributed by atoms with Gasteiger partial charge in [0.15, 0.2) is 0 Å². The van der Waals surface area contributed by atoms with E-state index in [1.165, 1.54) is 6.07 Å². The first-order chi connectivity index (χ1) is 8.29. The average molecular weight is 234 g/mol. The Hall–Kier alpha value is -1.44. The van der Waals surface area contributed by atoms with Gasteiger partial charge in [-0.15, -0.1) is 0 Å². The summed E-state index contributed by atoms with van der Waals surface area (Å²) in [5, 5.41) is 12.0. The fraction of sp³-hybridized carbons (Fsp3) is 0.462. The molecule has 3 nitrogen and oxygen atoms in total. The van der Waals surface area contributed by atoms with Gasteiger partial charge in [0.1, 0.15) is 11.9 Å². The zero-order valence-electron chi connectivity index (χ0n) is 9.58. The summed E-state index contributed by atoms with van der Waals surface area (Å²) < 4.78 is 18.6. The second kappa shape index (κ2) is 5.76. The largest absolute Gasteiger partial charge is 0.376 e. The van der Waals surface area contributed by atoms with E-state index in [1.807, 2.05) is 6.07 Å². The van der Waals surface area contributed by atoms with Crippen molar-refractivity contribution in [1.82, 2.24) is 5.32 Å². The van der Waals surface area contributed by atoms with Crippen LogP contribution in [0.25, 0.3) is 0 Å². The predicted molar refractivity (Wildman–Crippen MR) is 61.7 cm³/mol. The van der Waals surface area contributed by atoms with E-state index in [-0.39, 0.29) is 5.56 Å². The molecule has 0 bridgehead atoms. The van der Waals surface area contributed by atoms with Gasteiger partial charge in [0.25, 0.3) is 0 Å². The molecular weight excluding hydrogens is 219 g/mol. The molecule has 17 heavy (non-hydrogen) atoms. The van der Waals surface area contributed by atoms with Crippen molar-refractivity contribution in [3.8, 4) is 6.07 Å². The van der Waals surface area contributed by atoms with Crippen LogP contribution in [-0.2, 0) is 11.3 Å². The van der Waals surface area contributed by atoms with Crippen molar-refractivity contribution in [1.29, 1.82) is 5.26 Å². The van der Waals surface area contributed by atoms with E-state index in [2.05, 4.69) is 5.32 Å². The Morgan fingerprint density at radius 3 is 3.12 bits per heavy atom. The van der Waals surface area contributed by atoms with Crippen molar-refractivity contribution in [2.75, 3.05) is 19.7 Å². The van der Waals surface area contributed by atoms with Gasteiger partial charge in [-0.05, 0) is 36.6 Å². The molecule has 1 N–H and O–H groups in total. The maximum atomic E-state index is 13.1. The Morgan fingerprint density at radius 2 is 2.41 bits per heavy atom. The smallest absolute Gasteiger partial charge is 0.140 e. The molecule has 0 spiro atoms. The van der Waals surface area contributed by atoms with E-state index in [4.69, 9.17) is 10.00 Å². The van der Waals surface area contributed by atoms with Gasteiger partial charge in [0.05, 0.1) is 18.8 Å². The van der Waals surface area contributed by atoms with Gasteiger partial charge in [-0.1, -0.05) is 6.07 Å². The van der Waals surface area contributed by atoms with E-state index in [1.54, 1.807) is 12.1 Å². The minimum absolute atomic E-state index is 0.0774. The average Bonchev–Trinajstić information content (AvgIpc) is 2.84. The van der Waals surface area contributed by atoms with Gasteiger partial charge in [-0.3, -0.25) is 0 Å². The molecule has 1 fully saturated rings. The fourth-order valence-electron chi connectivity index (χ4n) is 1.95. The number of ether oxygens (including phenoxy) is 1. The minimum atomic E-state index is -0.476. The summed E-state index contributed by atoms with van der Waals surface area (Å²) in [5.74, 6) is 0.0992. The molecule has 90 valence electrons. The molecule has 1 heterocycles. The molecular formula is C13H15FN2O. The summed E-state index contributed by atoms with van der Waals surface area (Å²) in [6.07, 6.45) is 1.15. The highest BCUT2D eigenvalue weighted by atomic mass is 19.1. The van der Waals surface area contributed by atoms with Gasteiger partial charge in [0.2, 0.25) is 0 Å². The van der Waals surface area contributed by atoms with Crippen LogP contribution in [-0.4, -0.2) is 19.7 Å². The van der Waals surface area contributed by atoms with Crippen molar-refractivity contribution in [3.05, 3.63) is 35.1 Å². The lowest BCUT2D eigenvalue weighted by atomic mass is 10.1. The van der Waals surface area contributed by atoms with Gasteiger partial charge in [-0.25, -0.2) is 4.39 Å². The molecule has 1 aliphatic heterocycles. The number of nitrogens with one attached hydrogen (secondary N) is 1. The Bertz CT molecular complexity index is 422. The summed E-state index contributed by atoms with van der Waals surface area (Å²) in [6, 6.07) is 6.34. The zero-order valence-corrected chi connectivity index (χ0v) is 9.58. The number of nitriles is 1. The standard InChI is InChI=1S/C13H15FN2O/c14-13-2-1-10(5-12(13)6-15)8-17-9-11-3-4-16-7-11/h1-2,5,11,16H,3-4,7-9H2. The van der Waals surface area contributed by atoms with Gasteiger partial charge in [0, 0.05) is 6.54 Å². The highest BCUT2D eigenvalue weighted by molar-refractivity contribution is 5.34. The van der Waals surface area contributed by atoms with Crippen molar-refractivity contribution in [3.63, 3.8) is 0 Å². The van der Waals surface area contributed by atoms with Crippen LogP contribution < -0.4 is 5.32 Å². The van der Waals surface area contributed by atoms with E-state index >= 15 is 0 Å². The first-order valence-corrected chi connectivity index (χ1v) is 5.76. The molecule has 1 aromatic carbocycles. The Morgan fingerprint density at radius 1 is 1.53 bits per heavy atom. The van der Waals surface area contributed by atoms with Crippen LogP contribution in [0.3, 0.4) is 0 Å². The molecule has 1 aliphatic rings. The van der Waals surface area contributed by atoms with Gasteiger partial charge < -0.3 is 10.1 Å². The van der Waals surface area contributed by atoms with Crippen LogP contribution in [0.2, 0.25) is 0 Å². The molecule has 2 rings (SSSR count). The Balaban J connectivity index is 1.84. The second-order valence-electron chi connectivity index (χ2n) is 4.30. The third-order valence-corrected chi connectivity index (χ3v) is 2.94. The third-order valence-electron chi connectivity index (χ3n) is 2.94. The fourth-order valence-corrected chi connectivity index (χ4v) is 1.95. The second-order valence-corrected chi connectivity index (χ2v) is 4.30. The molecule has 0 aromatic heterocycles. The normalized spacial score (nSPS) is 19.2. The molecule has 0 amide bonds. The molecule has 0 saturated carbocycles. The quantitative estimate of drug-likeness (QED) is 0.864. The number of rotatable bonds is 4. The lowest BCUT2D eigenvalue weighted by Gasteiger charge is -2.09. The highest BCUT2D eigenvalue weighted by Crippen LogP contribution is 2.12. The Labute approximate surface area is 100 Å². The van der Waals surface area contributed by atoms with Crippen LogP contribution in [0.4, 0.5) is 4.39 Å². The van der Waals surface area contributed by atoms with Crippen LogP contribution in [0.1, 0.15) is 17.5 Å². The van der Waals surface area contributed by atoms with Crippen LogP contribution in [0.5, 0.6) is 0 Å². The summed E-state index contributed by atoms with van der Waals surface area (Å²) in [5.41, 5.74) is 0.919. The van der Waals surface area contributed by atoms with E-state index in [9.17, 15) is 4.39 Å². The van der Waals surface area contributed by atoms with E-state index in [0.29, 0.717) is 19.1 Å². The van der Waals surface area contributed by atoms with E-state index in [0.717, 1.165) is 25.1 Å². The predicted octanol–water partition coefficient (Wildman–Crippen LogP) is 1.82.